The number of nitrogens with zero attached hydrogens (tertiary/aromatic N) is 1. The highest BCUT2D eigenvalue weighted by molar-refractivity contribution is 6.31. The number of nitrogens with one attached hydrogen (secondary N) is 1. The second-order valence-corrected chi connectivity index (χ2v) is 5.82. The van der Waals surface area contributed by atoms with Crippen LogP contribution in [0.15, 0.2) is 42.5 Å². The van der Waals surface area contributed by atoms with Gasteiger partial charge in [-0.25, -0.2) is 0 Å². The van der Waals surface area contributed by atoms with Crippen molar-refractivity contribution < 1.29 is 0 Å². The molecule has 0 atom stereocenters. The van der Waals surface area contributed by atoms with E-state index < -0.39 is 0 Å². The second kappa shape index (κ2) is 7.69. The molecule has 0 fully saturated rings. The quantitative estimate of drug-likeness (QED) is 0.826. The van der Waals surface area contributed by atoms with Gasteiger partial charge in [0.25, 0.3) is 0 Å². The Kier molecular flexibility index (Phi) is 5.92. The van der Waals surface area contributed by atoms with Crippen LogP contribution in [0.25, 0.3) is 0 Å². The first-order chi connectivity index (χ1) is 10.1. The Hall–Kier alpha value is -1.22. The Bertz CT molecular complexity index is 599. The fraction of sp³-hybridized carbons (Fsp3) is 0.294. The Morgan fingerprint density at radius 3 is 2.43 bits per heavy atom. The molecule has 0 unspecified atom stereocenters. The third-order valence-corrected chi connectivity index (χ3v) is 4.13. The van der Waals surface area contributed by atoms with Gasteiger partial charge in [-0.1, -0.05) is 54.4 Å². The summed E-state index contributed by atoms with van der Waals surface area (Å²) in [7, 11) is 2.04. The van der Waals surface area contributed by atoms with E-state index in [4.69, 9.17) is 23.2 Å². The molecule has 0 heterocycles. The van der Waals surface area contributed by atoms with Crippen LogP contribution in [0.4, 0.5) is 5.69 Å². The van der Waals surface area contributed by atoms with Crippen LogP contribution in [-0.2, 0) is 13.1 Å². The summed E-state index contributed by atoms with van der Waals surface area (Å²) in [4.78, 5) is 2.14. The summed E-state index contributed by atoms with van der Waals surface area (Å²) >= 11 is 12.6. The molecule has 0 aliphatic rings. The molecule has 0 bridgehead atoms. The Labute approximate surface area is 136 Å². The number of hydrogen-bond donors (Lipinski definition) is 1. The molecule has 2 rings (SSSR count). The first-order valence-electron chi connectivity index (χ1n) is 7.05. The lowest BCUT2D eigenvalue weighted by Gasteiger charge is -2.21. The van der Waals surface area contributed by atoms with E-state index in [9.17, 15) is 0 Å². The van der Waals surface area contributed by atoms with E-state index in [0.717, 1.165) is 46.5 Å². The number of anilines is 1. The van der Waals surface area contributed by atoms with E-state index in [2.05, 4.69) is 29.3 Å². The molecule has 1 N–H and O–H groups in total. The number of hydrogen-bond acceptors (Lipinski definition) is 2. The van der Waals surface area contributed by atoms with Gasteiger partial charge in [-0.15, -0.1) is 0 Å². The maximum Gasteiger partial charge on any atom is 0.0471 e. The van der Waals surface area contributed by atoms with Crippen LogP contribution in [0.5, 0.6) is 0 Å². The van der Waals surface area contributed by atoms with Gasteiger partial charge in [0.2, 0.25) is 0 Å². The van der Waals surface area contributed by atoms with Crippen molar-refractivity contribution in [1.82, 2.24) is 5.32 Å². The first kappa shape index (κ1) is 16.2. The van der Waals surface area contributed by atoms with E-state index in [1.54, 1.807) is 0 Å². The smallest absolute Gasteiger partial charge is 0.0471 e. The van der Waals surface area contributed by atoms with Crippen molar-refractivity contribution in [1.29, 1.82) is 0 Å². The summed E-state index contributed by atoms with van der Waals surface area (Å²) in [6, 6.07) is 14.1. The summed E-state index contributed by atoms with van der Waals surface area (Å²) in [5.74, 6) is 0. The molecular weight excluding hydrogens is 303 g/mol. The zero-order valence-corrected chi connectivity index (χ0v) is 13.9. The van der Waals surface area contributed by atoms with Crippen LogP contribution in [0.3, 0.4) is 0 Å². The predicted octanol–water partition coefficient (Wildman–Crippen LogP) is 4.74. The summed E-state index contributed by atoms with van der Waals surface area (Å²) < 4.78 is 0. The third kappa shape index (κ3) is 4.37. The van der Waals surface area contributed by atoms with Crippen molar-refractivity contribution in [2.45, 2.75) is 20.0 Å². The normalized spacial score (nSPS) is 10.7. The summed E-state index contributed by atoms with van der Waals surface area (Å²) in [5, 5.41) is 4.87. The van der Waals surface area contributed by atoms with Gasteiger partial charge in [-0.3, -0.25) is 0 Å². The molecule has 0 aromatic heterocycles. The van der Waals surface area contributed by atoms with Gasteiger partial charge < -0.3 is 10.2 Å². The predicted molar refractivity (Wildman–Crippen MR) is 92.4 cm³/mol. The highest BCUT2D eigenvalue weighted by Crippen LogP contribution is 2.25. The second-order valence-electron chi connectivity index (χ2n) is 5.00. The minimum absolute atomic E-state index is 0.753. The summed E-state index contributed by atoms with van der Waals surface area (Å²) in [6.07, 6.45) is 0. The van der Waals surface area contributed by atoms with Crippen LogP contribution >= 0.6 is 23.2 Å². The molecule has 0 aliphatic carbocycles. The van der Waals surface area contributed by atoms with Gasteiger partial charge in [0.15, 0.2) is 0 Å². The van der Waals surface area contributed by atoms with Crippen molar-refractivity contribution in [2.75, 3.05) is 18.5 Å². The number of halogens is 2. The molecule has 2 nitrogen and oxygen atoms in total. The standard InChI is InChI=1S/C17H20Cl2N2/c1-3-20-11-13-8-9-15(10-17(13)19)21(2)12-14-6-4-5-7-16(14)18/h4-10,20H,3,11-12H2,1-2H3. The monoisotopic (exact) mass is 322 g/mol. The van der Waals surface area contributed by atoms with Crippen molar-refractivity contribution >= 4 is 28.9 Å². The molecule has 0 radical (unpaired) electrons. The average molecular weight is 323 g/mol. The van der Waals surface area contributed by atoms with Crippen LogP contribution in [0.1, 0.15) is 18.1 Å². The molecule has 2 aromatic carbocycles. The van der Waals surface area contributed by atoms with Crippen molar-refractivity contribution in [2.24, 2.45) is 0 Å². The molecule has 112 valence electrons. The van der Waals surface area contributed by atoms with E-state index in [1.165, 1.54) is 0 Å². The molecule has 0 spiro atoms. The van der Waals surface area contributed by atoms with Crippen molar-refractivity contribution in [3.8, 4) is 0 Å². The molecule has 0 amide bonds. The molecule has 0 aliphatic heterocycles. The first-order valence-corrected chi connectivity index (χ1v) is 7.81. The van der Waals surface area contributed by atoms with Gasteiger partial charge >= 0.3 is 0 Å². The minimum atomic E-state index is 0.753. The van der Waals surface area contributed by atoms with Gasteiger partial charge in [0.1, 0.15) is 0 Å². The van der Waals surface area contributed by atoms with Gasteiger partial charge in [-0.05, 0) is 35.9 Å². The maximum absolute atomic E-state index is 6.35. The lowest BCUT2D eigenvalue weighted by atomic mass is 10.1. The number of benzene rings is 2. The fourth-order valence-electron chi connectivity index (χ4n) is 2.15. The van der Waals surface area contributed by atoms with Gasteiger partial charge in [0, 0.05) is 35.9 Å². The Morgan fingerprint density at radius 2 is 1.76 bits per heavy atom. The molecule has 21 heavy (non-hydrogen) atoms. The fourth-order valence-corrected chi connectivity index (χ4v) is 2.59. The highest BCUT2D eigenvalue weighted by atomic mass is 35.5. The number of rotatable bonds is 6. The van der Waals surface area contributed by atoms with Crippen LogP contribution in [0.2, 0.25) is 10.0 Å². The van der Waals surface area contributed by atoms with Gasteiger partial charge in [-0.2, -0.15) is 0 Å². The van der Waals surface area contributed by atoms with Crippen molar-refractivity contribution in [3.63, 3.8) is 0 Å². The Morgan fingerprint density at radius 1 is 1.00 bits per heavy atom. The zero-order valence-electron chi connectivity index (χ0n) is 12.4. The van der Waals surface area contributed by atoms with E-state index >= 15 is 0 Å². The lowest BCUT2D eigenvalue weighted by molar-refractivity contribution is 0.727. The molecule has 0 saturated heterocycles. The third-order valence-electron chi connectivity index (χ3n) is 3.41. The highest BCUT2D eigenvalue weighted by Gasteiger charge is 2.07. The van der Waals surface area contributed by atoms with Gasteiger partial charge in [0.05, 0.1) is 0 Å². The molecule has 0 saturated carbocycles. The SMILES string of the molecule is CCNCc1ccc(N(C)Cc2ccccc2Cl)cc1Cl. The summed E-state index contributed by atoms with van der Waals surface area (Å²) in [6.45, 7) is 4.57. The zero-order chi connectivity index (χ0) is 15.2. The average Bonchev–Trinajstić information content (AvgIpc) is 2.48. The van der Waals surface area contributed by atoms with Crippen LogP contribution in [0, 0.1) is 0 Å². The molecule has 4 heteroatoms. The minimum Gasteiger partial charge on any atom is -0.370 e. The Balaban J connectivity index is 2.11. The van der Waals surface area contributed by atoms with Crippen molar-refractivity contribution in [3.05, 3.63) is 63.6 Å². The lowest BCUT2D eigenvalue weighted by Crippen LogP contribution is -2.17. The summed E-state index contributed by atoms with van der Waals surface area (Å²) in [5.41, 5.74) is 3.31. The van der Waals surface area contributed by atoms with E-state index in [1.807, 2.05) is 37.4 Å². The molecular formula is C17H20Cl2N2. The maximum atomic E-state index is 6.35. The topological polar surface area (TPSA) is 15.3 Å². The van der Waals surface area contributed by atoms with Crippen LogP contribution < -0.4 is 10.2 Å². The van der Waals surface area contributed by atoms with E-state index in [0.29, 0.717) is 0 Å². The van der Waals surface area contributed by atoms with E-state index in [-0.39, 0.29) is 0 Å². The van der Waals surface area contributed by atoms with Crippen LogP contribution in [-0.4, -0.2) is 13.6 Å². The molecule has 2 aromatic rings. The largest absolute Gasteiger partial charge is 0.370 e.